The third kappa shape index (κ3) is 6.57. The second kappa shape index (κ2) is 9.84. The number of nitrogens with zero attached hydrogens (tertiary/aromatic N) is 3. The highest BCUT2D eigenvalue weighted by atomic mass is 19.4. The predicted molar refractivity (Wildman–Crippen MR) is 113 cm³/mol. The molecular formula is C23H25F3N4O2. The first-order valence-corrected chi connectivity index (χ1v) is 10.1. The normalized spacial score (nSPS) is 12.6. The van der Waals surface area contributed by atoms with Crippen LogP contribution in [0.4, 0.5) is 13.2 Å². The average molecular weight is 446 g/mol. The Morgan fingerprint density at radius 2 is 1.69 bits per heavy atom. The van der Waals surface area contributed by atoms with Crippen LogP contribution in [0.2, 0.25) is 0 Å². The van der Waals surface area contributed by atoms with Crippen LogP contribution in [0.1, 0.15) is 48.2 Å². The smallest absolute Gasteiger partial charge is 0.422 e. The summed E-state index contributed by atoms with van der Waals surface area (Å²) in [5.41, 5.74) is 3.23. The summed E-state index contributed by atoms with van der Waals surface area (Å²) in [6.45, 7) is 2.84. The van der Waals surface area contributed by atoms with Crippen molar-refractivity contribution in [3.63, 3.8) is 0 Å². The fourth-order valence-electron chi connectivity index (χ4n) is 3.17. The van der Waals surface area contributed by atoms with Gasteiger partial charge in [-0.1, -0.05) is 55.5 Å². The summed E-state index contributed by atoms with van der Waals surface area (Å²) >= 11 is 0. The van der Waals surface area contributed by atoms with E-state index in [2.05, 4.69) is 29.5 Å². The van der Waals surface area contributed by atoms with Gasteiger partial charge in [-0.2, -0.15) is 13.2 Å². The molecule has 0 aliphatic heterocycles. The summed E-state index contributed by atoms with van der Waals surface area (Å²) < 4.78 is 43.4. The van der Waals surface area contributed by atoms with E-state index in [1.165, 1.54) is 22.4 Å². The van der Waals surface area contributed by atoms with Crippen molar-refractivity contribution in [2.45, 2.75) is 38.4 Å². The van der Waals surface area contributed by atoms with Crippen LogP contribution in [0, 0.1) is 0 Å². The lowest BCUT2D eigenvalue weighted by Crippen LogP contribution is -2.31. The molecule has 3 aromatic rings. The zero-order chi connectivity index (χ0) is 23.3. The first-order chi connectivity index (χ1) is 15.1. The minimum atomic E-state index is -4.41. The summed E-state index contributed by atoms with van der Waals surface area (Å²) in [6.07, 6.45) is -2.56. The fraction of sp³-hybridized carbons (Fsp3) is 0.348. The van der Waals surface area contributed by atoms with Gasteiger partial charge >= 0.3 is 6.18 Å². The third-order valence-corrected chi connectivity index (χ3v) is 4.85. The van der Waals surface area contributed by atoms with E-state index in [1.54, 1.807) is 25.4 Å². The SMILES string of the molecule is CC(C)c1ccc(CC(=O)NC(c2ccc(OCC(F)(F)F)cc2)c2cn(C)nn2)cc1. The summed E-state index contributed by atoms with van der Waals surface area (Å²) in [6, 6.07) is 13.3. The quantitative estimate of drug-likeness (QED) is 0.559. The zero-order valence-electron chi connectivity index (χ0n) is 18.1. The molecule has 2 aromatic carbocycles. The number of amides is 1. The second-order valence-corrected chi connectivity index (χ2v) is 7.86. The Morgan fingerprint density at radius 3 is 2.22 bits per heavy atom. The van der Waals surface area contributed by atoms with E-state index in [1.807, 2.05) is 24.3 Å². The molecule has 0 aliphatic carbocycles. The Bertz CT molecular complexity index is 1030. The standard InChI is InChI=1S/C23H25F3N4O2/c1-15(2)17-6-4-16(5-7-17)12-21(31)27-22(20-13-30(3)29-28-20)18-8-10-19(11-9-18)32-14-23(24,25)26/h4-11,13,15,22H,12,14H2,1-3H3,(H,27,31). The van der Waals surface area contributed by atoms with Gasteiger partial charge in [-0.25, -0.2) is 0 Å². The Balaban J connectivity index is 1.74. The number of carbonyl (C=O) groups excluding carboxylic acids is 1. The number of carbonyl (C=O) groups is 1. The van der Waals surface area contributed by atoms with Gasteiger partial charge in [0.15, 0.2) is 6.61 Å². The number of hydrogen-bond acceptors (Lipinski definition) is 4. The summed E-state index contributed by atoms with van der Waals surface area (Å²) in [5, 5.41) is 11.0. The van der Waals surface area contributed by atoms with Gasteiger partial charge in [0.05, 0.1) is 18.7 Å². The maximum Gasteiger partial charge on any atom is 0.422 e. The molecule has 1 aromatic heterocycles. The topological polar surface area (TPSA) is 69.0 Å². The fourth-order valence-corrected chi connectivity index (χ4v) is 3.17. The minimum Gasteiger partial charge on any atom is -0.484 e. The van der Waals surface area contributed by atoms with Crippen molar-refractivity contribution in [1.82, 2.24) is 20.3 Å². The van der Waals surface area contributed by atoms with Gasteiger partial charge in [-0.15, -0.1) is 5.10 Å². The van der Waals surface area contributed by atoms with Crippen molar-refractivity contribution >= 4 is 5.91 Å². The van der Waals surface area contributed by atoms with E-state index in [9.17, 15) is 18.0 Å². The van der Waals surface area contributed by atoms with E-state index >= 15 is 0 Å². The molecule has 0 fully saturated rings. The molecule has 0 aliphatic rings. The second-order valence-electron chi connectivity index (χ2n) is 7.86. The highest BCUT2D eigenvalue weighted by molar-refractivity contribution is 5.79. The molecule has 3 rings (SSSR count). The van der Waals surface area contributed by atoms with Crippen LogP contribution in [0.5, 0.6) is 5.75 Å². The van der Waals surface area contributed by atoms with Crippen molar-refractivity contribution in [1.29, 1.82) is 0 Å². The number of ether oxygens (including phenoxy) is 1. The number of aryl methyl sites for hydroxylation is 1. The van der Waals surface area contributed by atoms with Crippen LogP contribution in [0.15, 0.2) is 54.7 Å². The largest absolute Gasteiger partial charge is 0.484 e. The van der Waals surface area contributed by atoms with Gasteiger partial charge in [-0.05, 0) is 34.7 Å². The van der Waals surface area contributed by atoms with Gasteiger partial charge in [0.1, 0.15) is 11.4 Å². The molecule has 0 saturated heterocycles. The monoisotopic (exact) mass is 446 g/mol. The Morgan fingerprint density at radius 1 is 1.06 bits per heavy atom. The number of nitrogens with one attached hydrogen (secondary N) is 1. The number of alkyl halides is 3. The number of benzene rings is 2. The van der Waals surface area contributed by atoms with Gasteiger partial charge in [0, 0.05) is 7.05 Å². The van der Waals surface area contributed by atoms with Crippen molar-refractivity contribution in [3.8, 4) is 5.75 Å². The maximum atomic E-state index is 12.8. The summed E-state index contributed by atoms with van der Waals surface area (Å²) in [4.78, 5) is 12.8. The molecule has 1 unspecified atom stereocenters. The Labute approximate surface area is 184 Å². The van der Waals surface area contributed by atoms with Gasteiger partial charge < -0.3 is 10.1 Å². The molecule has 1 heterocycles. The average Bonchev–Trinajstić information content (AvgIpc) is 3.17. The molecule has 6 nitrogen and oxygen atoms in total. The molecular weight excluding hydrogens is 421 g/mol. The molecule has 170 valence electrons. The van der Waals surface area contributed by atoms with Crippen molar-refractivity contribution < 1.29 is 22.7 Å². The Kier molecular flexibility index (Phi) is 7.17. The van der Waals surface area contributed by atoms with Crippen LogP contribution in [0.3, 0.4) is 0 Å². The van der Waals surface area contributed by atoms with E-state index in [0.29, 0.717) is 17.2 Å². The first kappa shape index (κ1) is 23.3. The van der Waals surface area contributed by atoms with Crippen molar-refractivity contribution in [2.75, 3.05) is 6.61 Å². The molecule has 1 atom stereocenters. The van der Waals surface area contributed by atoms with Crippen LogP contribution in [-0.4, -0.2) is 33.7 Å². The minimum absolute atomic E-state index is 0.0838. The molecule has 0 bridgehead atoms. The highest BCUT2D eigenvalue weighted by Gasteiger charge is 2.28. The maximum absolute atomic E-state index is 12.8. The Hall–Kier alpha value is -3.36. The molecule has 32 heavy (non-hydrogen) atoms. The first-order valence-electron chi connectivity index (χ1n) is 10.1. The molecule has 0 saturated carbocycles. The van der Waals surface area contributed by atoms with Gasteiger partial charge in [-0.3, -0.25) is 9.48 Å². The molecule has 9 heteroatoms. The summed E-state index contributed by atoms with van der Waals surface area (Å²) in [7, 11) is 1.71. The molecule has 1 N–H and O–H groups in total. The number of halogens is 3. The summed E-state index contributed by atoms with van der Waals surface area (Å²) in [5.74, 6) is 0.276. The van der Waals surface area contributed by atoms with E-state index in [0.717, 1.165) is 5.56 Å². The molecule has 0 spiro atoms. The van der Waals surface area contributed by atoms with Crippen molar-refractivity contribution in [3.05, 3.63) is 77.1 Å². The van der Waals surface area contributed by atoms with Crippen molar-refractivity contribution in [2.24, 2.45) is 7.05 Å². The zero-order valence-corrected chi connectivity index (χ0v) is 18.1. The van der Waals surface area contributed by atoms with Gasteiger partial charge in [0.25, 0.3) is 0 Å². The number of rotatable bonds is 8. The highest BCUT2D eigenvalue weighted by Crippen LogP contribution is 2.24. The van der Waals surface area contributed by atoms with Gasteiger partial charge in [0.2, 0.25) is 5.91 Å². The van der Waals surface area contributed by atoms with Crippen LogP contribution in [0.25, 0.3) is 0 Å². The lowest BCUT2D eigenvalue weighted by molar-refractivity contribution is -0.153. The predicted octanol–water partition coefficient (Wildman–Crippen LogP) is 4.33. The number of hydrogen-bond donors (Lipinski definition) is 1. The lowest BCUT2D eigenvalue weighted by atomic mass is 10.00. The molecule has 1 amide bonds. The number of aromatic nitrogens is 3. The van der Waals surface area contributed by atoms with E-state index in [4.69, 9.17) is 4.74 Å². The van der Waals surface area contributed by atoms with Crippen LogP contribution >= 0.6 is 0 Å². The van der Waals surface area contributed by atoms with Crippen LogP contribution in [-0.2, 0) is 18.3 Å². The van der Waals surface area contributed by atoms with E-state index < -0.39 is 18.8 Å². The lowest BCUT2D eigenvalue weighted by Gasteiger charge is -2.18. The third-order valence-electron chi connectivity index (χ3n) is 4.85. The van der Waals surface area contributed by atoms with Crippen LogP contribution < -0.4 is 10.1 Å². The van der Waals surface area contributed by atoms with E-state index in [-0.39, 0.29) is 18.1 Å². The molecule has 0 radical (unpaired) electrons.